The van der Waals surface area contributed by atoms with Gasteiger partial charge in [-0.1, -0.05) is 31.7 Å². The smallest absolute Gasteiger partial charge is 0.108 e. The fourth-order valence-corrected chi connectivity index (χ4v) is 0.278. The molecular weight excluding hydrogens is 150 g/mol. The Labute approximate surface area is 75.3 Å². The summed E-state index contributed by atoms with van der Waals surface area (Å²) in [4.78, 5) is 0. The topological polar surface area (TPSA) is 32.3 Å². The second-order valence-corrected chi connectivity index (χ2v) is 2.08. The molecule has 0 atom stereocenters. The molecule has 0 rings (SSSR count). The van der Waals surface area contributed by atoms with Crippen LogP contribution in [-0.2, 0) is 0 Å². The average Bonchev–Trinajstić information content (AvgIpc) is 2.05. The molecule has 0 radical (unpaired) electrons. The van der Waals surface area contributed by atoms with Gasteiger partial charge >= 0.3 is 0 Å². The summed E-state index contributed by atoms with van der Waals surface area (Å²) in [7, 11) is 1.93. The first-order valence-corrected chi connectivity index (χ1v) is 4.00. The summed E-state index contributed by atoms with van der Waals surface area (Å²) < 4.78 is 0. The molecular formula is C10H19NO. The molecule has 2 N–H and O–H groups in total. The summed E-state index contributed by atoms with van der Waals surface area (Å²) in [6.07, 6.45) is 6.95. The van der Waals surface area contributed by atoms with Crippen LogP contribution in [0.1, 0.15) is 13.8 Å². The van der Waals surface area contributed by atoms with Gasteiger partial charge in [-0.05, 0) is 26.6 Å². The van der Waals surface area contributed by atoms with Crippen molar-refractivity contribution in [2.75, 3.05) is 13.6 Å². The summed E-state index contributed by atoms with van der Waals surface area (Å²) >= 11 is 0. The van der Waals surface area contributed by atoms with Gasteiger partial charge in [-0.3, -0.25) is 0 Å². The summed E-state index contributed by atoms with van der Waals surface area (Å²) in [6, 6.07) is 0. The molecule has 2 nitrogen and oxygen atoms in total. The molecule has 0 aromatic heterocycles. The van der Waals surface area contributed by atoms with Crippen molar-refractivity contribution in [1.29, 1.82) is 0 Å². The predicted octanol–water partition coefficient (Wildman–Crippen LogP) is 2.42. The highest BCUT2D eigenvalue weighted by Gasteiger charge is 1.69. The van der Waals surface area contributed by atoms with Gasteiger partial charge in [-0.25, -0.2) is 0 Å². The van der Waals surface area contributed by atoms with Gasteiger partial charge in [0.25, 0.3) is 0 Å². The van der Waals surface area contributed by atoms with Gasteiger partial charge in [0.05, 0.1) is 0 Å². The van der Waals surface area contributed by atoms with Crippen molar-refractivity contribution in [3.8, 4) is 0 Å². The van der Waals surface area contributed by atoms with E-state index in [0.29, 0.717) is 0 Å². The summed E-state index contributed by atoms with van der Waals surface area (Å²) in [6.45, 7) is 8.31. The number of hydrogen-bond acceptors (Lipinski definition) is 2. The number of hydrogen-bond donors (Lipinski definition) is 2. The van der Waals surface area contributed by atoms with Crippen LogP contribution in [0.15, 0.2) is 36.6 Å². The van der Waals surface area contributed by atoms with Crippen molar-refractivity contribution < 1.29 is 5.11 Å². The number of aliphatic hydroxyl groups excluding tert-OH is 1. The molecule has 70 valence electrons. The largest absolute Gasteiger partial charge is 0.509 e. The van der Waals surface area contributed by atoms with Crippen LogP contribution in [0.25, 0.3) is 0 Å². The van der Waals surface area contributed by atoms with Crippen LogP contribution in [0.3, 0.4) is 0 Å². The molecule has 0 saturated carbocycles. The van der Waals surface area contributed by atoms with E-state index in [1.807, 2.05) is 26.1 Å². The van der Waals surface area contributed by atoms with Gasteiger partial charge in [-0.15, -0.1) is 0 Å². The first kappa shape index (κ1) is 13.6. The quantitative estimate of drug-likeness (QED) is 0.502. The molecule has 0 aromatic carbocycles. The van der Waals surface area contributed by atoms with Crippen molar-refractivity contribution in [1.82, 2.24) is 5.32 Å². The third kappa shape index (κ3) is 23.1. The van der Waals surface area contributed by atoms with Gasteiger partial charge in [0.15, 0.2) is 0 Å². The predicted molar refractivity (Wildman–Crippen MR) is 55.3 cm³/mol. The highest BCUT2D eigenvalue weighted by Crippen LogP contribution is 1.84. The maximum atomic E-state index is 8.46. The van der Waals surface area contributed by atoms with Crippen LogP contribution < -0.4 is 5.32 Å². The van der Waals surface area contributed by atoms with E-state index >= 15 is 0 Å². The second-order valence-electron chi connectivity index (χ2n) is 2.08. The molecule has 0 heterocycles. The molecule has 12 heavy (non-hydrogen) atoms. The molecule has 0 aliphatic heterocycles. The van der Waals surface area contributed by atoms with E-state index in [0.717, 1.165) is 6.54 Å². The van der Waals surface area contributed by atoms with E-state index in [4.69, 9.17) is 5.11 Å². The minimum Gasteiger partial charge on any atom is -0.509 e. The van der Waals surface area contributed by atoms with Crippen molar-refractivity contribution >= 4 is 0 Å². The Morgan fingerprint density at radius 2 is 2.00 bits per heavy atom. The monoisotopic (exact) mass is 169 g/mol. The van der Waals surface area contributed by atoms with E-state index in [2.05, 4.69) is 18.8 Å². The first-order valence-electron chi connectivity index (χ1n) is 4.00. The van der Waals surface area contributed by atoms with Gasteiger partial charge in [0.1, 0.15) is 5.76 Å². The summed E-state index contributed by atoms with van der Waals surface area (Å²) in [5.41, 5.74) is 0. The average molecular weight is 169 g/mol. The standard InChI is InChI=1S/C7H10O.C3H9N/c1-3-4-5-6-7(2)8;1-3-4-2/h3-6,8H,2H2,1H3;4H,3H2,1-2H3/b4-3-,6-5-;. The maximum Gasteiger partial charge on any atom is 0.108 e. The van der Waals surface area contributed by atoms with Crippen LogP contribution in [0.2, 0.25) is 0 Å². The Hall–Kier alpha value is -1.02. The lowest BCUT2D eigenvalue weighted by atomic mass is 10.4. The fraction of sp³-hybridized carbons (Fsp3) is 0.400. The van der Waals surface area contributed by atoms with Crippen molar-refractivity contribution in [3.63, 3.8) is 0 Å². The van der Waals surface area contributed by atoms with E-state index in [1.165, 1.54) is 6.08 Å². The van der Waals surface area contributed by atoms with Gasteiger partial charge < -0.3 is 10.4 Å². The van der Waals surface area contributed by atoms with Gasteiger partial charge in [-0.2, -0.15) is 0 Å². The Kier molecular flexibility index (Phi) is 14.3. The number of allylic oxidation sites excluding steroid dienone is 4. The van der Waals surface area contributed by atoms with Crippen LogP contribution in [0.4, 0.5) is 0 Å². The molecule has 0 amide bonds. The normalized spacial score (nSPS) is 9.92. The lowest BCUT2D eigenvalue weighted by Gasteiger charge is -1.78. The number of aliphatic hydroxyl groups is 1. The third-order valence-corrected chi connectivity index (χ3v) is 0.946. The molecule has 0 spiro atoms. The van der Waals surface area contributed by atoms with E-state index < -0.39 is 0 Å². The molecule has 0 bridgehead atoms. The molecule has 0 saturated heterocycles. The lowest BCUT2D eigenvalue weighted by Crippen LogP contribution is -2.01. The Bertz CT molecular complexity index is 146. The molecule has 0 fully saturated rings. The van der Waals surface area contributed by atoms with Crippen LogP contribution in [0.5, 0.6) is 0 Å². The van der Waals surface area contributed by atoms with E-state index in [9.17, 15) is 0 Å². The Morgan fingerprint density at radius 3 is 2.25 bits per heavy atom. The third-order valence-electron chi connectivity index (χ3n) is 0.946. The SMILES string of the molecule is C=C(O)/C=C\C=C/C.CCNC. The molecule has 0 unspecified atom stereocenters. The van der Waals surface area contributed by atoms with Crippen LogP contribution in [0, 0.1) is 0 Å². The zero-order valence-electron chi connectivity index (χ0n) is 8.17. The number of rotatable bonds is 3. The Morgan fingerprint density at radius 1 is 1.50 bits per heavy atom. The van der Waals surface area contributed by atoms with Crippen molar-refractivity contribution in [3.05, 3.63) is 36.6 Å². The van der Waals surface area contributed by atoms with Gasteiger partial charge in [0.2, 0.25) is 0 Å². The van der Waals surface area contributed by atoms with Crippen molar-refractivity contribution in [2.45, 2.75) is 13.8 Å². The fourth-order valence-electron chi connectivity index (χ4n) is 0.278. The molecule has 0 aliphatic carbocycles. The second kappa shape index (κ2) is 12.6. The minimum atomic E-state index is 0.0862. The van der Waals surface area contributed by atoms with E-state index in [-0.39, 0.29) is 5.76 Å². The summed E-state index contributed by atoms with van der Waals surface area (Å²) in [5.74, 6) is 0.0862. The van der Waals surface area contributed by atoms with Crippen molar-refractivity contribution in [2.24, 2.45) is 0 Å². The molecule has 2 heteroatoms. The van der Waals surface area contributed by atoms with Gasteiger partial charge in [0, 0.05) is 0 Å². The zero-order chi connectivity index (χ0) is 9.82. The molecule has 0 aromatic rings. The van der Waals surface area contributed by atoms with Crippen LogP contribution in [-0.4, -0.2) is 18.7 Å². The number of nitrogens with one attached hydrogen (secondary N) is 1. The Balaban J connectivity index is 0. The highest BCUT2D eigenvalue weighted by molar-refractivity contribution is 5.12. The highest BCUT2D eigenvalue weighted by atomic mass is 16.3. The first-order chi connectivity index (χ1) is 5.68. The van der Waals surface area contributed by atoms with Crippen LogP contribution >= 0.6 is 0 Å². The van der Waals surface area contributed by atoms with E-state index in [1.54, 1.807) is 6.08 Å². The minimum absolute atomic E-state index is 0.0862. The molecule has 0 aliphatic rings. The zero-order valence-corrected chi connectivity index (χ0v) is 8.17. The summed E-state index contributed by atoms with van der Waals surface area (Å²) in [5, 5.41) is 11.4. The lowest BCUT2D eigenvalue weighted by molar-refractivity contribution is 0.435. The maximum absolute atomic E-state index is 8.46.